The molecule has 0 bridgehead atoms. The number of nitrogens with zero attached hydrogens (tertiary/aromatic N) is 1. The number of ketones is 1. The van der Waals surface area contributed by atoms with E-state index in [0.717, 1.165) is 6.42 Å². The van der Waals surface area contributed by atoms with Gasteiger partial charge in [0.15, 0.2) is 0 Å². The number of rotatable bonds is 2. The van der Waals surface area contributed by atoms with Crippen molar-refractivity contribution in [3.05, 3.63) is 0 Å². The number of carbonyl (C=O) groups excluding carboxylic acids is 1. The lowest BCUT2D eigenvalue weighted by atomic mass is 9.81. The average molecular weight is 169 g/mol. The fraction of sp³-hybridized carbons (Fsp3) is 0.900. The maximum absolute atomic E-state index is 11.3. The minimum atomic E-state index is 0.300. The van der Waals surface area contributed by atoms with Crippen molar-refractivity contribution in [2.45, 2.75) is 38.6 Å². The van der Waals surface area contributed by atoms with Crippen LogP contribution in [-0.2, 0) is 4.79 Å². The zero-order valence-corrected chi connectivity index (χ0v) is 8.34. The van der Waals surface area contributed by atoms with E-state index in [1.165, 1.54) is 19.3 Å². The average Bonchev–Trinajstić information content (AvgIpc) is 2.04. The van der Waals surface area contributed by atoms with Gasteiger partial charge in [-0.2, -0.15) is 0 Å². The highest BCUT2D eigenvalue weighted by molar-refractivity contribution is 5.79. The summed E-state index contributed by atoms with van der Waals surface area (Å²) in [7, 11) is 4.15. The Morgan fingerprint density at radius 2 is 1.83 bits per heavy atom. The molecule has 0 saturated heterocycles. The van der Waals surface area contributed by atoms with Crippen molar-refractivity contribution in [1.29, 1.82) is 0 Å². The molecule has 0 spiro atoms. The zero-order chi connectivity index (χ0) is 9.14. The lowest BCUT2D eigenvalue weighted by Crippen LogP contribution is -2.40. The minimum absolute atomic E-state index is 0.300. The smallest absolute Gasteiger partial charge is 0.134 e. The summed E-state index contributed by atoms with van der Waals surface area (Å²) < 4.78 is 0. The van der Waals surface area contributed by atoms with Gasteiger partial charge >= 0.3 is 0 Å². The van der Waals surface area contributed by atoms with Crippen molar-refractivity contribution in [2.24, 2.45) is 5.92 Å². The molecule has 2 heteroatoms. The topological polar surface area (TPSA) is 20.3 Å². The molecule has 1 rings (SSSR count). The van der Waals surface area contributed by atoms with Crippen LogP contribution in [0.15, 0.2) is 0 Å². The summed E-state index contributed by atoms with van der Waals surface area (Å²) in [5, 5.41) is 0. The summed E-state index contributed by atoms with van der Waals surface area (Å²) in [6.45, 7) is 1.73. The molecular formula is C10H19NO. The first kappa shape index (κ1) is 9.72. The summed E-state index contributed by atoms with van der Waals surface area (Å²) in [6, 6.07) is 0.497. The molecule has 12 heavy (non-hydrogen) atoms. The third kappa shape index (κ3) is 2.07. The molecule has 70 valence electrons. The first-order valence-electron chi connectivity index (χ1n) is 4.80. The number of hydrogen-bond donors (Lipinski definition) is 0. The second kappa shape index (κ2) is 4.04. The quantitative estimate of drug-likeness (QED) is 0.627. The Bertz CT molecular complexity index is 165. The molecule has 1 fully saturated rings. The monoisotopic (exact) mass is 169 g/mol. The van der Waals surface area contributed by atoms with Crippen molar-refractivity contribution in [3.8, 4) is 0 Å². The summed E-state index contributed by atoms with van der Waals surface area (Å²) in [5.74, 6) is 0.669. The second-order valence-corrected chi connectivity index (χ2v) is 4.03. The summed E-state index contributed by atoms with van der Waals surface area (Å²) in [4.78, 5) is 13.5. The van der Waals surface area contributed by atoms with Gasteiger partial charge < -0.3 is 4.90 Å². The van der Waals surface area contributed by atoms with Crippen LogP contribution in [0.1, 0.15) is 32.6 Å². The van der Waals surface area contributed by atoms with Gasteiger partial charge in [0, 0.05) is 12.0 Å². The van der Waals surface area contributed by atoms with Crippen LogP contribution < -0.4 is 0 Å². The first-order chi connectivity index (χ1) is 5.63. The van der Waals surface area contributed by atoms with Crippen molar-refractivity contribution in [3.63, 3.8) is 0 Å². The van der Waals surface area contributed by atoms with Crippen LogP contribution >= 0.6 is 0 Å². The van der Waals surface area contributed by atoms with Crippen molar-refractivity contribution in [2.75, 3.05) is 14.1 Å². The Hall–Kier alpha value is -0.370. The molecule has 0 heterocycles. The van der Waals surface area contributed by atoms with E-state index in [2.05, 4.69) is 19.0 Å². The molecule has 1 aliphatic carbocycles. The largest absolute Gasteiger partial charge is 0.306 e. The lowest BCUT2D eigenvalue weighted by Gasteiger charge is -2.34. The van der Waals surface area contributed by atoms with Crippen molar-refractivity contribution >= 4 is 5.78 Å². The van der Waals surface area contributed by atoms with E-state index in [0.29, 0.717) is 17.7 Å². The third-order valence-corrected chi connectivity index (χ3v) is 2.91. The molecule has 0 aliphatic heterocycles. The molecule has 1 aliphatic rings. The van der Waals surface area contributed by atoms with E-state index < -0.39 is 0 Å². The fourth-order valence-corrected chi connectivity index (χ4v) is 2.20. The highest BCUT2D eigenvalue weighted by Crippen LogP contribution is 2.27. The van der Waals surface area contributed by atoms with E-state index >= 15 is 0 Å². The van der Waals surface area contributed by atoms with Crippen LogP contribution in [0, 0.1) is 5.92 Å². The van der Waals surface area contributed by atoms with Gasteiger partial charge in [0.25, 0.3) is 0 Å². The Morgan fingerprint density at radius 3 is 2.25 bits per heavy atom. The first-order valence-corrected chi connectivity index (χ1v) is 4.80. The third-order valence-electron chi connectivity index (χ3n) is 2.91. The van der Waals surface area contributed by atoms with E-state index in [-0.39, 0.29) is 0 Å². The van der Waals surface area contributed by atoms with E-state index in [1.54, 1.807) is 6.92 Å². The maximum atomic E-state index is 11.3. The second-order valence-electron chi connectivity index (χ2n) is 4.03. The molecule has 0 radical (unpaired) electrons. The van der Waals surface area contributed by atoms with Gasteiger partial charge in [-0.05, 0) is 33.9 Å². The predicted octanol–water partition coefficient (Wildman–Crippen LogP) is 1.70. The molecule has 2 nitrogen and oxygen atoms in total. The molecule has 0 amide bonds. The molecule has 2 atom stereocenters. The SMILES string of the molecule is CC(=O)C1CCCCC1N(C)C. The molecular weight excluding hydrogens is 150 g/mol. The van der Waals surface area contributed by atoms with Crippen LogP contribution in [0.5, 0.6) is 0 Å². The number of Topliss-reactive ketones (excluding diaryl/α,β-unsaturated/α-hetero) is 1. The van der Waals surface area contributed by atoms with Gasteiger partial charge in [-0.25, -0.2) is 0 Å². The molecule has 1 saturated carbocycles. The Morgan fingerprint density at radius 1 is 1.25 bits per heavy atom. The Labute approximate surface area is 74.9 Å². The molecule has 0 N–H and O–H groups in total. The molecule has 0 aromatic carbocycles. The van der Waals surface area contributed by atoms with Crippen LogP contribution in [-0.4, -0.2) is 30.8 Å². The Kier molecular flexibility index (Phi) is 3.27. The number of hydrogen-bond acceptors (Lipinski definition) is 2. The number of carbonyl (C=O) groups is 1. The van der Waals surface area contributed by atoms with Crippen molar-refractivity contribution < 1.29 is 4.79 Å². The van der Waals surface area contributed by atoms with Crippen LogP contribution in [0.4, 0.5) is 0 Å². The van der Waals surface area contributed by atoms with E-state index in [1.807, 2.05) is 0 Å². The van der Waals surface area contributed by atoms with Crippen LogP contribution in [0.25, 0.3) is 0 Å². The van der Waals surface area contributed by atoms with Crippen molar-refractivity contribution in [1.82, 2.24) is 4.90 Å². The predicted molar refractivity (Wildman–Crippen MR) is 50.1 cm³/mol. The highest BCUT2D eigenvalue weighted by Gasteiger charge is 2.29. The van der Waals surface area contributed by atoms with Crippen LogP contribution in [0.3, 0.4) is 0 Å². The van der Waals surface area contributed by atoms with E-state index in [4.69, 9.17) is 0 Å². The van der Waals surface area contributed by atoms with Gasteiger partial charge in [-0.3, -0.25) is 4.79 Å². The van der Waals surface area contributed by atoms with Gasteiger partial charge in [0.05, 0.1) is 0 Å². The van der Waals surface area contributed by atoms with E-state index in [9.17, 15) is 4.79 Å². The van der Waals surface area contributed by atoms with Gasteiger partial charge in [-0.15, -0.1) is 0 Å². The minimum Gasteiger partial charge on any atom is -0.306 e. The summed E-state index contributed by atoms with van der Waals surface area (Å²) >= 11 is 0. The zero-order valence-electron chi connectivity index (χ0n) is 8.34. The fourth-order valence-electron chi connectivity index (χ4n) is 2.20. The standard InChI is InChI=1S/C10H19NO/c1-8(12)9-6-4-5-7-10(9)11(2)3/h9-10H,4-7H2,1-3H3. The maximum Gasteiger partial charge on any atom is 0.134 e. The molecule has 0 aromatic rings. The lowest BCUT2D eigenvalue weighted by molar-refractivity contribution is -0.123. The summed E-state index contributed by atoms with van der Waals surface area (Å²) in [6.07, 6.45) is 4.80. The molecule has 2 unspecified atom stereocenters. The Balaban J connectivity index is 2.60. The van der Waals surface area contributed by atoms with Gasteiger partial charge in [0.1, 0.15) is 5.78 Å². The summed E-state index contributed by atoms with van der Waals surface area (Å²) in [5.41, 5.74) is 0. The molecule has 0 aromatic heterocycles. The normalized spacial score (nSPS) is 30.7. The van der Waals surface area contributed by atoms with Gasteiger partial charge in [-0.1, -0.05) is 12.8 Å². The van der Waals surface area contributed by atoms with Gasteiger partial charge in [0.2, 0.25) is 0 Å². The highest BCUT2D eigenvalue weighted by atomic mass is 16.1. The van der Waals surface area contributed by atoms with Crippen LogP contribution in [0.2, 0.25) is 0 Å².